The summed E-state index contributed by atoms with van der Waals surface area (Å²) in [5.41, 5.74) is 0.929. The summed E-state index contributed by atoms with van der Waals surface area (Å²) in [6, 6.07) is 0. The number of nitrogens with zero attached hydrogens (tertiary/aromatic N) is 3. The molecule has 0 spiro atoms. The Kier molecular flexibility index (Phi) is 3.53. The lowest BCUT2D eigenvalue weighted by Gasteiger charge is -1.94. The molecule has 2 rings (SSSR count). The van der Waals surface area contributed by atoms with Crippen molar-refractivity contribution >= 4 is 17.3 Å². The Morgan fingerprint density at radius 2 is 2.35 bits per heavy atom. The largest absolute Gasteiger partial charge is 0.465 e. The predicted octanol–water partition coefficient (Wildman–Crippen LogP) is 2.20. The second-order valence-corrected chi connectivity index (χ2v) is 4.54. The van der Waals surface area contributed by atoms with Crippen molar-refractivity contribution in [2.45, 2.75) is 19.9 Å². The number of methoxy groups -OCH3 is 1. The van der Waals surface area contributed by atoms with Crippen molar-refractivity contribution in [1.29, 1.82) is 0 Å². The average Bonchev–Trinajstić information content (AvgIpc) is 2.96. The van der Waals surface area contributed by atoms with E-state index >= 15 is 0 Å². The fraction of sp³-hybridized carbons (Fsp3) is 0.364. The minimum Gasteiger partial charge on any atom is -0.465 e. The van der Waals surface area contributed by atoms with Gasteiger partial charge >= 0.3 is 5.97 Å². The monoisotopic (exact) mass is 251 g/mol. The van der Waals surface area contributed by atoms with Gasteiger partial charge in [0.1, 0.15) is 9.88 Å². The van der Waals surface area contributed by atoms with Crippen LogP contribution in [-0.2, 0) is 11.3 Å². The van der Waals surface area contributed by atoms with Gasteiger partial charge in [-0.3, -0.25) is 4.68 Å². The van der Waals surface area contributed by atoms with Crippen molar-refractivity contribution in [3.8, 4) is 10.6 Å². The lowest BCUT2D eigenvalue weighted by atomic mass is 10.4. The van der Waals surface area contributed by atoms with Crippen LogP contribution in [0.4, 0.5) is 0 Å². The maximum Gasteiger partial charge on any atom is 0.349 e. The van der Waals surface area contributed by atoms with Gasteiger partial charge in [-0.2, -0.15) is 5.10 Å². The van der Waals surface area contributed by atoms with E-state index in [4.69, 9.17) is 0 Å². The summed E-state index contributed by atoms with van der Waals surface area (Å²) < 4.78 is 6.51. The Balaban J connectivity index is 2.21. The van der Waals surface area contributed by atoms with Crippen molar-refractivity contribution < 1.29 is 9.53 Å². The molecule has 0 amide bonds. The first-order valence-corrected chi connectivity index (χ1v) is 6.13. The summed E-state index contributed by atoms with van der Waals surface area (Å²) in [5.74, 6) is -0.352. The molecule has 2 aromatic rings. The fourth-order valence-corrected chi connectivity index (χ4v) is 2.24. The summed E-state index contributed by atoms with van der Waals surface area (Å²) in [4.78, 5) is 16.0. The molecule has 0 radical (unpaired) electrons. The maximum atomic E-state index is 11.3. The van der Waals surface area contributed by atoms with E-state index in [0.717, 1.165) is 23.5 Å². The second kappa shape index (κ2) is 5.09. The molecule has 0 aromatic carbocycles. The number of esters is 1. The Morgan fingerprint density at radius 3 is 3.06 bits per heavy atom. The van der Waals surface area contributed by atoms with Gasteiger partial charge in [0.05, 0.1) is 19.5 Å². The number of thiazole rings is 1. The molecule has 0 aliphatic carbocycles. The van der Waals surface area contributed by atoms with Crippen LogP contribution in [0, 0.1) is 0 Å². The van der Waals surface area contributed by atoms with E-state index in [2.05, 4.69) is 21.7 Å². The summed E-state index contributed by atoms with van der Waals surface area (Å²) in [7, 11) is 1.36. The molecule has 0 unspecified atom stereocenters. The quantitative estimate of drug-likeness (QED) is 0.782. The highest BCUT2D eigenvalue weighted by Crippen LogP contribution is 2.25. The van der Waals surface area contributed by atoms with Gasteiger partial charge in [-0.05, 0) is 6.42 Å². The molecule has 5 nitrogen and oxygen atoms in total. The van der Waals surface area contributed by atoms with Gasteiger partial charge in [-0.25, -0.2) is 9.78 Å². The van der Waals surface area contributed by atoms with E-state index in [9.17, 15) is 4.79 Å². The zero-order valence-corrected chi connectivity index (χ0v) is 10.5. The van der Waals surface area contributed by atoms with Crippen LogP contribution in [0.15, 0.2) is 18.6 Å². The number of carbonyl (C=O) groups excluding carboxylic acids is 1. The Morgan fingerprint density at radius 1 is 1.53 bits per heavy atom. The van der Waals surface area contributed by atoms with Crippen molar-refractivity contribution in [3.63, 3.8) is 0 Å². The number of hydrogen-bond acceptors (Lipinski definition) is 5. The van der Waals surface area contributed by atoms with Crippen LogP contribution in [0.25, 0.3) is 10.6 Å². The van der Waals surface area contributed by atoms with Crippen LogP contribution in [0.3, 0.4) is 0 Å². The topological polar surface area (TPSA) is 57.0 Å². The standard InChI is InChI=1S/C11H13N3O2S/c1-3-4-14-7-8(5-13-14)10-12-6-9(17-10)11(15)16-2/h5-7H,3-4H2,1-2H3. The lowest BCUT2D eigenvalue weighted by Crippen LogP contribution is -1.96. The SMILES string of the molecule is CCCn1cc(-c2ncc(C(=O)OC)s2)cn1. The first kappa shape index (κ1) is 11.8. The highest BCUT2D eigenvalue weighted by molar-refractivity contribution is 7.16. The van der Waals surface area contributed by atoms with Crippen LogP contribution >= 0.6 is 11.3 Å². The molecule has 0 saturated carbocycles. The smallest absolute Gasteiger partial charge is 0.349 e. The predicted molar refractivity (Wildman–Crippen MR) is 65.0 cm³/mol. The van der Waals surface area contributed by atoms with E-state index in [1.54, 1.807) is 6.20 Å². The molecular weight excluding hydrogens is 238 g/mol. The molecule has 2 heterocycles. The molecular formula is C11H13N3O2S. The number of rotatable bonds is 4. The molecule has 0 aliphatic rings. The average molecular weight is 251 g/mol. The molecule has 90 valence electrons. The van der Waals surface area contributed by atoms with Gasteiger partial charge in [-0.1, -0.05) is 6.92 Å². The Labute approximate surface area is 103 Å². The molecule has 0 aliphatic heterocycles. The minimum atomic E-state index is -0.352. The van der Waals surface area contributed by atoms with Gasteiger partial charge < -0.3 is 4.74 Å². The molecule has 0 bridgehead atoms. The third-order valence-electron chi connectivity index (χ3n) is 2.23. The van der Waals surface area contributed by atoms with E-state index in [1.165, 1.54) is 24.6 Å². The van der Waals surface area contributed by atoms with Crippen LogP contribution in [0.1, 0.15) is 23.0 Å². The Hall–Kier alpha value is -1.69. The van der Waals surface area contributed by atoms with Crippen LogP contribution in [0.2, 0.25) is 0 Å². The van der Waals surface area contributed by atoms with E-state index < -0.39 is 0 Å². The van der Waals surface area contributed by atoms with Crippen LogP contribution in [-0.4, -0.2) is 27.8 Å². The summed E-state index contributed by atoms with van der Waals surface area (Å²) in [6.07, 6.45) is 6.26. The molecule has 0 saturated heterocycles. The van der Waals surface area contributed by atoms with Crippen LogP contribution in [0.5, 0.6) is 0 Å². The highest BCUT2D eigenvalue weighted by atomic mass is 32.1. The van der Waals surface area contributed by atoms with E-state index in [-0.39, 0.29) is 5.97 Å². The van der Waals surface area contributed by atoms with Gasteiger partial charge in [0, 0.05) is 18.3 Å². The maximum absolute atomic E-state index is 11.3. The minimum absolute atomic E-state index is 0.352. The third-order valence-corrected chi connectivity index (χ3v) is 3.25. The summed E-state index contributed by atoms with van der Waals surface area (Å²) >= 11 is 1.31. The number of ether oxygens (including phenoxy) is 1. The summed E-state index contributed by atoms with van der Waals surface area (Å²) in [6.45, 7) is 2.98. The third kappa shape index (κ3) is 2.52. The molecule has 0 fully saturated rings. The number of aryl methyl sites for hydroxylation is 1. The normalized spacial score (nSPS) is 10.5. The van der Waals surface area contributed by atoms with Crippen molar-refractivity contribution in [3.05, 3.63) is 23.5 Å². The molecule has 0 atom stereocenters. The highest BCUT2D eigenvalue weighted by Gasteiger charge is 2.12. The number of aromatic nitrogens is 3. The second-order valence-electron chi connectivity index (χ2n) is 3.51. The fourth-order valence-electron chi connectivity index (χ4n) is 1.43. The van der Waals surface area contributed by atoms with Gasteiger partial charge in [0.25, 0.3) is 0 Å². The molecule has 17 heavy (non-hydrogen) atoms. The molecule has 6 heteroatoms. The number of carbonyl (C=O) groups is 1. The van der Waals surface area contributed by atoms with Gasteiger partial charge in [-0.15, -0.1) is 11.3 Å². The first-order valence-electron chi connectivity index (χ1n) is 5.31. The zero-order chi connectivity index (χ0) is 12.3. The molecule has 0 N–H and O–H groups in total. The van der Waals surface area contributed by atoms with E-state index in [1.807, 2.05) is 10.9 Å². The van der Waals surface area contributed by atoms with Crippen LogP contribution < -0.4 is 0 Å². The Bertz CT molecular complexity index is 518. The van der Waals surface area contributed by atoms with Crippen molar-refractivity contribution in [2.75, 3.05) is 7.11 Å². The molecule has 2 aromatic heterocycles. The lowest BCUT2D eigenvalue weighted by molar-refractivity contribution is 0.0606. The first-order chi connectivity index (χ1) is 8.24. The number of hydrogen-bond donors (Lipinski definition) is 0. The van der Waals surface area contributed by atoms with Gasteiger partial charge in [0.2, 0.25) is 0 Å². The zero-order valence-electron chi connectivity index (χ0n) is 9.71. The summed E-state index contributed by atoms with van der Waals surface area (Å²) in [5, 5.41) is 5.01. The van der Waals surface area contributed by atoms with Gasteiger partial charge in [0.15, 0.2) is 0 Å². The van der Waals surface area contributed by atoms with Crippen molar-refractivity contribution in [1.82, 2.24) is 14.8 Å². The van der Waals surface area contributed by atoms with Crippen molar-refractivity contribution in [2.24, 2.45) is 0 Å². The van der Waals surface area contributed by atoms with E-state index in [0.29, 0.717) is 4.88 Å².